The van der Waals surface area contributed by atoms with Crippen LogP contribution in [0.1, 0.15) is 78.1 Å². The Hall–Kier alpha value is -3.76. The summed E-state index contributed by atoms with van der Waals surface area (Å²) in [6, 6.07) is 5.52. The van der Waals surface area contributed by atoms with Crippen LogP contribution < -0.4 is 16.4 Å². The van der Waals surface area contributed by atoms with Crippen molar-refractivity contribution in [2.45, 2.75) is 92.0 Å². The molecule has 4 N–H and O–H groups in total. The number of carbonyl (C=O) groups is 6. The topological polar surface area (TPSA) is 165 Å². The van der Waals surface area contributed by atoms with E-state index in [0.29, 0.717) is 18.5 Å². The molecule has 11 heteroatoms. The summed E-state index contributed by atoms with van der Waals surface area (Å²) in [5.41, 5.74) is 4.70. The number of Topliss-reactive ketones (excluding diaryl/α,β-unsaturated/α-hetero) is 2. The van der Waals surface area contributed by atoms with Gasteiger partial charge in [-0.1, -0.05) is 91.6 Å². The molecule has 240 valence electrons. The van der Waals surface area contributed by atoms with Crippen molar-refractivity contribution in [1.29, 1.82) is 0 Å². The Morgan fingerprint density at radius 3 is 2.16 bits per heavy atom. The summed E-state index contributed by atoms with van der Waals surface area (Å²) >= 11 is 0. The van der Waals surface area contributed by atoms with Crippen LogP contribution in [0.4, 0.5) is 4.79 Å². The van der Waals surface area contributed by atoms with Gasteiger partial charge in [-0.15, -0.1) is 0 Å². The highest BCUT2D eigenvalue weighted by molar-refractivity contribution is 6.37. The first-order valence-electron chi connectivity index (χ1n) is 15.5. The monoisotopic (exact) mass is 610 g/mol. The van der Waals surface area contributed by atoms with Crippen molar-refractivity contribution in [3.05, 3.63) is 35.9 Å². The summed E-state index contributed by atoms with van der Waals surface area (Å²) in [6.07, 6.45) is 0.158. The van der Waals surface area contributed by atoms with Gasteiger partial charge < -0.3 is 26.0 Å². The molecule has 1 aromatic carbocycles. The zero-order valence-electron chi connectivity index (χ0n) is 26.7. The predicted molar refractivity (Wildman–Crippen MR) is 162 cm³/mol. The van der Waals surface area contributed by atoms with Crippen LogP contribution in [0.25, 0.3) is 0 Å². The number of ketones is 2. The van der Waals surface area contributed by atoms with E-state index >= 15 is 0 Å². The van der Waals surface area contributed by atoms with Gasteiger partial charge in [0.15, 0.2) is 6.10 Å². The average Bonchev–Trinajstić information content (AvgIpc) is 3.80. The minimum atomic E-state index is -1.11. The summed E-state index contributed by atoms with van der Waals surface area (Å²) in [5, 5.41) is 5.44. The minimum Gasteiger partial charge on any atom is -0.438 e. The van der Waals surface area contributed by atoms with Crippen molar-refractivity contribution in [3.8, 4) is 0 Å². The van der Waals surface area contributed by atoms with Gasteiger partial charge in [-0.2, -0.15) is 0 Å². The third kappa shape index (κ3) is 6.97. The SMILES string of the molecule is CC(C)[C@@H](OC(=O)N[C@H](C(=O)N1C[C@H]2[C@@H]([C@H]1C(=O)NC(CC1CC1)C(=O)C(N)=O)C2(C)C)C(C)(C)C)C(=O)c1ccccc1. The molecule has 44 heavy (non-hydrogen) atoms. The molecule has 0 spiro atoms. The van der Waals surface area contributed by atoms with Gasteiger partial charge in [0, 0.05) is 12.1 Å². The van der Waals surface area contributed by atoms with E-state index in [4.69, 9.17) is 10.5 Å². The van der Waals surface area contributed by atoms with E-state index in [1.165, 1.54) is 4.90 Å². The first-order chi connectivity index (χ1) is 20.4. The number of fused-ring (bicyclic) bond motifs is 1. The molecule has 6 atom stereocenters. The van der Waals surface area contributed by atoms with Crippen molar-refractivity contribution in [1.82, 2.24) is 15.5 Å². The van der Waals surface area contributed by atoms with Crippen LogP contribution in [0, 0.1) is 34.5 Å². The Morgan fingerprint density at radius 2 is 1.64 bits per heavy atom. The van der Waals surface area contributed by atoms with Crippen LogP contribution in [0.2, 0.25) is 0 Å². The number of likely N-dealkylation sites (tertiary alicyclic amines) is 1. The van der Waals surface area contributed by atoms with Gasteiger partial charge in [0.2, 0.25) is 23.4 Å². The third-order valence-corrected chi connectivity index (χ3v) is 9.43. The molecule has 3 fully saturated rings. The number of carbonyl (C=O) groups excluding carboxylic acids is 6. The number of piperidine rings is 1. The molecule has 4 rings (SSSR count). The largest absolute Gasteiger partial charge is 0.438 e. The molecule has 1 aliphatic heterocycles. The minimum absolute atomic E-state index is 0.0531. The van der Waals surface area contributed by atoms with E-state index < -0.39 is 59.2 Å². The maximum Gasteiger partial charge on any atom is 0.408 e. The Kier molecular flexibility index (Phi) is 9.28. The number of hydrogen-bond donors (Lipinski definition) is 3. The van der Waals surface area contributed by atoms with Crippen LogP contribution in [-0.4, -0.2) is 71.1 Å². The molecule has 3 aliphatic rings. The molecule has 11 nitrogen and oxygen atoms in total. The van der Waals surface area contributed by atoms with Crippen LogP contribution in [0.15, 0.2) is 30.3 Å². The van der Waals surface area contributed by atoms with Crippen molar-refractivity contribution in [3.63, 3.8) is 0 Å². The lowest BCUT2D eigenvalue weighted by atomic mass is 9.85. The van der Waals surface area contributed by atoms with Crippen molar-refractivity contribution in [2.24, 2.45) is 40.2 Å². The predicted octanol–water partition coefficient (Wildman–Crippen LogP) is 2.86. The molecule has 1 heterocycles. The molecule has 0 aromatic heterocycles. The Labute approximate surface area is 259 Å². The number of nitrogens with two attached hydrogens (primary N) is 1. The van der Waals surface area contributed by atoms with Gasteiger partial charge in [-0.05, 0) is 40.9 Å². The molecule has 4 amide bonds. The summed E-state index contributed by atoms with van der Waals surface area (Å²) in [6.45, 7) is 13.3. The number of rotatable bonds is 12. The molecule has 1 saturated heterocycles. The number of nitrogens with zero attached hydrogens (tertiary/aromatic N) is 1. The molecule has 2 saturated carbocycles. The van der Waals surface area contributed by atoms with Crippen LogP contribution >= 0.6 is 0 Å². The number of benzene rings is 1. The second-order valence-electron chi connectivity index (χ2n) is 14.6. The molecule has 1 unspecified atom stereocenters. The third-order valence-electron chi connectivity index (χ3n) is 9.43. The number of hydrogen-bond acceptors (Lipinski definition) is 7. The first kappa shape index (κ1) is 33.1. The Morgan fingerprint density at radius 1 is 1.02 bits per heavy atom. The van der Waals surface area contributed by atoms with Gasteiger partial charge in [-0.25, -0.2) is 4.79 Å². The van der Waals surface area contributed by atoms with E-state index in [1.807, 2.05) is 13.8 Å². The maximum absolute atomic E-state index is 14.2. The Bertz CT molecular complexity index is 1310. The van der Waals surface area contributed by atoms with E-state index in [2.05, 4.69) is 10.6 Å². The fraction of sp³-hybridized carbons (Fsp3) is 0.636. The van der Waals surface area contributed by atoms with E-state index in [-0.39, 0.29) is 34.9 Å². The lowest BCUT2D eigenvalue weighted by Crippen LogP contribution is -2.60. The number of ether oxygens (including phenoxy) is 1. The zero-order chi connectivity index (χ0) is 32.7. The molecule has 1 aromatic rings. The van der Waals surface area contributed by atoms with Gasteiger partial charge in [0.05, 0.1) is 6.04 Å². The van der Waals surface area contributed by atoms with E-state index in [9.17, 15) is 28.8 Å². The van der Waals surface area contributed by atoms with Gasteiger partial charge in [0.1, 0.15) is 12.1 Å². The quantitative estimate of drug-likeness (QED) is 0.242. The van der Waals surface area contributed by atoms with Crippen LogP contribution in [-0.2, 0) is 23.9 Å². The summed E-state index contributed by atoms with van der Waals surface area (Å²) in [7, 11) is 0. The summed E-state index contributed by atoms with van der Waals surface area (Å²) in [4.78, 5) is 80.1. The standard InChI is InChI=1S/C33H46N4O7/c1-17(2)26(24(38)19-11-9-8-10-12-19)44-31(43)36-27(32(3,4)5)30(42)37-16-20-22(33(20,6)7)23(37)29(41)35-21(15-18-13-14-18)25(39)28(34)40/h8-12,17-18,20-23,26-27H,13-16H2,1-7H3,(H2,34,40)(H,35,41)(H,36,43)/t20-,21?,22-,23-,26+,27+/m0/s1. The second-order valence-corrected chi connectivity index (χ2v) is 14.6. The Balaban J connectivity index is 1.53. The number of alkyl carbamates (subject to hydrolysis) is 1. The average molecular weight is 611 g/mol. The molecular formula is C33H46N4O7. The van der Waals surface area contributed by atoms with Gasteiger partial charge in [-0.3, -0.25) is 24.0 Å². The fourth-order valence-corrected chi connectivity index (χ4v) is 6.50. The zero-order valence-corrected chi connectivity index (χ0v) is 26.7. The van der Waals surface area contributed by atoms with E-state index in [0.717, 1.165) is 12.8 Å². The van der Waals surface area contributed by atoms with Crippen LogP contribution in [0.5, 0.6) is 0 Å². The summed E-state index contributed by atoms with van der Waals surface area (Å²) < 4.78 is 5.62. The van der Waals surface area contributed by atoms with Crippen molar-refractivity contribution < 1.29 is 33.5 Å². The maximum atomic E-state index is 14.2. The first-order valence-corrected chi connectivity index (χ1v) is 15.5. The summed E-state index contributed by atoms with van der Waals surface area (Å²) in [5.74, 6) is -3.48. The molecule has 0 radical (unpaired) electrons. The lowest BCUT2D eigenvalue weighted by Gasteiger charge is -2.38. The molecule has 0 bridgehead atoms. The second kappa shape index (κ2) is 12.3. The smallest absolute Gasteiger partial charge is 0.408 e. The highest BCUT2D eigenvalue weighted by atomic mass is 16.6. The van der Waals surface area contributed by atoms with Crippen molar-refractivity contribution in [2.75, 3.05) is 6.54 Å². The number of primary amides is 1. The molecule has 2 aliphatic carbocycles. The van der Waals surface area contributed by atoms with Crippen molar-refractivity contribution >= 4 is 35.4 Å². The van der Waals surface area contributed by atoms with Gasteiger partial charge in [0.25, 0.3) is 5.91 Å². The highest BCUT2D eigenvalue weighted by Gasteiger charge is 2.70. The normalized spacial score (nSPS) is 24.0. The van der Waals surface area contributed by atoms with E-state index in [1.54, 1.807) is 65.0 Å². The van der Waals surface area contributed by atoms with Crippen LogP contribution in [0.3, 0.4) is 0 Å². The molecular weight excluding hydrogens is 564 g/mol. The van der Waals surface area contributed by atoms with Gasteiger partial charge >= 0.3 is 6.09 Å². The number of nitrogens with one attached hydrogen (secondary N) is 2. The lowest BCUT2D eigenvalue weighted by molar-refractivity contribution is -0.145. The highest BCUT2D eigenvalue weighted by Crippen LogP contribution is 2.65. The number of amides is 4. The fourth-order valence-electron chi connectivity index (χ4n) is 6.50.